The number of alkyl halides is 3. The Bertz CT molecular complexity index is 1340. The smallest absolute Gasteiger partial charge is 0.417 e. The minimum atomic E-state index is -4.61. The van der Waals surface area contributed by atoms with Crippen LogP contribution in [0.25, 0.3) is 0 Å². The van der Waals surface area contributed by atoms with Gasteiger partial charge in [0.25, 0.3) is 5.91 Å². The Balaban J connectivity index is 1.46. The third kappa shape index (κ3) is 4.36. The first kappa shape index (κ1) is 23.7. The average molecular weight is 496 g/mol. The molecule has 0 aliphatic carbocycles. The summed E-state index contributed by atoms with van der Waals surface area (Å²) in [5.74, 6) is 1.90. The molecule has 0 spiro atoms. The largest absolute Gasteiger partial charge is 0.497 e. The van der Waals surface area contributed by atoms with Gasteiger partial charge < -0.3 is 19.3 Å². The predicted molar refractivity (Wildman–Crippen MR) is 129 cm³/mol. The van der Waals surface area contributed by atoms with Crippen LogP contribution in [-0.4, -0.2) is 54.3 Å². The lowest BCUT2D eigenvalue weighted by Crippen LogP contribution is -2.55. The fourth-order valence-electron chi connectivity index (χ4n) is 4.59. The Kier molecular flexibility index (Phi) is 6.07. The molecule has 0 radical (unpaired) electrons. The van der Waals surface area contributed by atoms with Crippen molar-refractivity contribution in [1.29, 1.82) is 0 Å². The molecular formula is C27H24F3N3O3. The van der Waals surface area contributed by atoms with Crippen LogP contribution in [0.5, 0.6) is 17.2 Å². The highest BCUT2D eigenvalue weighted by atomic mass is 19.4. The molecule has 0 aromatic heterocycles. The van der Waals surface area contributed by atoms with E-state index in [0.717, 1.165) is 11.6 Å². The van der Waals surface area contributed by atoms with Crippen LogP contribution in [0.15, 0.2) is 71.7 Å². The summed E-state index contributed by atoms with van der Waals surface area (Å²) in [7, 11) is 1.58. The molecule has 1 saturated heterocycles. The third-order valence-corrected chi connectivity index (χ3v) is 6.39. The van der Waals surface area contributed by atoms with Crippen molar-refractivity contribution in [1.82, 2.24) is 9.80 Å². The molecule has 1 amide bonds. The summed E-state index contributed by atoms with van der Waals surface area (Å²) in [6.45, 7) is 2.85. The first-order chi connectivity index (χ1) is 17.3. The van der Waals surface area contributed by atoms with Gasteiger partial charge in [0, 0.05) is 25.7 Å². The van der Waals surface area contributed by atoms with E-state index in [1.165, 1.54) is 23.1 Å². The number of carbonyl (C=O) groups is 1. The molecule has 186 valence electrons. The third-order valence-electron chi connectivity index (χ3n) is 6.39. The van der Waals surface area contributed by atoms with Gasteiger partial charge in [-0.3, -0.25) is 4.79 Å². The van der Waals surface area contributed by atoms with Crippen LogP contribution in [0.3, 0.4) is 0 Å². The molecule has 2 heterocycles. The highest BCUT2D eigenvalue weighted by molar-refractivity contribution is 6.04. The molecule has 9 heteroatoms. The molecule has 3 aromatic rings. The van der Waals surface area contributed by atoms with Gasteiger partial charge in [-0.25, -0.2) is 4.99 Å². The van der Waals surface area contributed by atoms with Crippen LogP contribution in [-0.2, 0) is 6.18 Å². The molecular weight excluding hydrogens is 471 g/mol. The molecule has 0 N–H and O–H groups in total. The van der Waals surface area contributed by atoms with Gasteiger partial charge in [0.1, 0.15) is 23.0 Å². The molecule has 5 rings (SSSR count). The van der Waals surface area contributed by atoms with Gasteiger partial charge >= 0.3 is 6.18 Å². The number of fused-ring (bicyclic) bond motifs is 2. The molecule has 36 heavy (non-hydrogen) atoms. The number of ether oxygens (including phenoxy) is 2. The number of benzene rings is 3. The van der Waals surface area contributed by atoms with E-state index in [9.17, 15) is 18.0 Å². The van der Waals surface area contributed by atoms with Crippen molar-refractivity contribution >= 4 is 17.4 Å². The standard InChI is InChI=1S/C27H24F3N3O3/c1-17-16-32(13-14-33(17)26(34)19-7-3-4-8-21(19)27(28,29)30)25-20-15-18(35-2)11-12-23(20)36-24-10-6-5-9-22(24)31-25/h3-12,15,17H,13-14,16H2,1-2H3/t17-/m1/s1. The lowest BCUT2D eigenvalue weighted by Gasteiger charge is -2.41. The zero-order valence-electron chi connectivity index (χ0n) is 19.7. The minimum Gasteiger partial charge on any atom is -0.497 e. The first-order valence-electron chi connectivity index (χ1n) is 11.5. The summed E-state index contributed by atoms with van der Waals surface area (Å²) in [6.07, 6.45) is -4.61. The molecule has 0 unspecified atom stereocenters. The fourth-order valence-corrected chi connectivity index (χ4v) is 4.59. The maximum Gasteiger partial charge on any atom is 0.417 e. The molecule has 2 aliphatic rings. The topological polar surface area (TPSA) is 54.4 Å². The van der Waals surface area contributed by atoms with E-state index in [-0.39, 0.29) is 18.2 Å². The number of rotatable bonds is 2. The number of hydrogen-bond donors (Lipinski definition) is 0. The van der Waals surface area contributed by atoms with Crippen molar-refractivity contribution in [2.45, 2.75) is 19.1 Å². The summed E-state index contributed by atoms with van der Waals surface area (Å²) in [5.41, 5.74) is 0.134. The number of para-hydroxylation sites is 2. The van der Waals surface area contributed by atoms with Crippen LogP contribution < -0.4 is 9.47 Å². The number of halogens is 3. The van der Waals surface area contributed by atoms with Crippen molar-refractivity contribution < 1.29 is 27.4 Å². The normalized spacial score (nSPS) is 17.4. The molecule has 1 fully saturated rings. The van der Waals surface area contributed by atoms with Crippen LogP contribution in [0, 0.1) is 0 Å². The SMILES string of the molecule is COc1ccc2c(c1)C(N1CCN(C(=O)c3ccccc3C(F)(F)F)[C@H](C)C1)=Nc1ccccc1O2. The number of hydrogen-bond acceptors (Lipinski definition) is 5. The number of carbonyl (C=O) groups excluding carboxylic acids is 1. The summed E-state index contributed by atoms with van der Waals surface area (Å²) >= 11 is 0. The summed E-state index contributed by atoms with van der Waals surface area (Å²) in [6, 6.07) is 17.5. The van der Waals surface area contributed by atoms with E-state index >= 15 is 0 Å². The van der Waals surface area contributed by atoms with Crippen molar-refractivity contribution in [3.63, 3.8) is 0 Å². The lowest BCUT2D eigenvalue weighted by atomic mass is 10.0. The second-order valence-electron chi connectivity index (χ2n) is 8.70. The van der Waals surface area contributed by atoms with Crippen LogP contribution >= 0.6 is 0 Å². The predicted octanol–water partition coefficient (Wildman–Crippen LogP) is 5.74. The van der Waals surface area contributed by atoms with Crippen molar-refractivity contribution in [2.24, 2.45) is 4.99 Å². The number of piperazine rings is 1. The van der Waals surface area contributed by atoms with E-state index in [1.807, 2.05) is 54.3 Å². The first-order valence-corrected chi connectivity index (χ1v) is 11.5. The molecule has 1 atom stereocenters. The van der Waals surface area contributed by atoms with E-state index < -0.39 is 17.6 Å². The van der Waals surface area contributed by atoms with Crippen molar-refractivity contribution in [3.05, 3.63) is 83.4 Å². The Morgan fingerprint density at radius 3 is 2.53 bits per heavy atom. The molecule has 0 bridgehead atoms. The maximum atomic E-state index is 13.5. The van der Waals surface area contributed by atoms with Gasteiger partial charge in [0.2, 0.25) is 0 Å². The maximum absolute atomic E-state index is 13.5. The zero-order valence-corrected chi connectivity index (χ0v) is 19.7. The van der Waals surface area contributed by atoms with Crippen LogP contribution in [0.2, 0.25) is 0 Å². The molecule has 2 aliphatic heterocycles. The average Bonchev–Trinajstić information content (AvgIpc) is 3.04. The van der Waals surface area contributed by atoms with Crippen LogP contribution in [0.4, 0.5) is 18.9 Å². The number of aliphatic imine (C=N–C) groups is 1. The summed E-state index contributed by atoms with van der Waals surface area (Å²) in [4.78, 5) is 21.6. The monoisotopic (exact) mass is 495 g/mol. The Morgan fingerprint density at radius 2 is 1.78 bits per heavy atom. The quantitative estimate of drug-likeness (QED) is 0.455. The van der Waals surface area contributed by atoms with Gasteiger partial charge in [0.15, 0.2) is 5.75 Å². The van der Waals surface area contributed by atoms with Crippen molar-refractivity contribution in [3.8, 4) is 17.2 Å². The van der Waals surface area contributed by atoms with E-state index in [0.29, 0.717) is 41.9 Å². The number of amides is 1. The summed E-state index contributed by atoms with van der Waals surface area (Å²) in [5, 5.41) is 0. The number of nitrogens with zero attached hydrogens (tertiary/aromatic N) is 3. The minimum absolute atomic E-state index is 0.243. The number of methoxy groups -OCH3 is 1. The highest BCUT2D eigenvalue weighted by Gasteiger charge is 2.38. The second-order valence-corrected chi connectivity index (χ2v) is 8.70. The molecule has 6 nitrogen and oxygen atoms in total. The lowest BCUT2D eigenvalue weighted by molar-refractivity contribution is -0.138. The van der Waals surface area contributed by atoms with Crippen molar-refractivity contribution in [2.75, 3.05) is 26.7 Å². The molecule has 3 aromatic carbocycles. The Hall–Kier alpha value is -4.01. The zero-order chi connectivity index (χ0) is 25.4. The van der Waals surface area contributed by atoms with E-state index in [1.54, 1.807) is 7.11 Å². The van der Waals surface area contributed by atoms with Gasteiger partial charge in [-0.15, -0.1) is 0 Å². The second kappa shape index (κ2) is 9.22. The van der Waals surface area contributed by atoms with Gasteiger partial charge in [-0.05, 0) is 49.4 Å². The Morgan fingerprint density at radius 1 is 1.03 bits per heavy atom. The summed E-state index contributed by atoms with van der Waals surface area (Å²) < 4.78 is 52.1. The molecule has 0 saturated carbocycles. The Labute approximate surface area is 206 Å². The van der Waals surface area contributed by atoms with E-state index in [4.69, 9.17) is 14.5 Å². The van der Waals surface area contributed by atoms with E-state index in [2.05, 4.69) is 0 Å². The highest BCUT2D eigenvalue weighted by Crippen LogP contribution is 2.39. The van der Waals surface area contributed by atoms with Crippen LogP contribution in [0.1, 0.15) is 28.4 Å². The van der Waals surface area contributed by atoms with Gasteiger partial charge in [0.05, 0.1) is 23.8 Å². The van der Waals surface area contributed by atoms with Gasteiger partial charge in [-0.2, -0.15) is 13.2 Å². The number of amidine groups is 1. The van der Waals surface area contributed by atoms with Gasteiger partial charge in [-0.1, -0.05) is 24.3 Å². The fraction of sp³-hybridized carbons (Fsp3) is 0.259.